The lowest BCUT2D eigenvalue weighted by Gasteiger charge is -2.26. The number of anilines is 2. The molecule has 1 aromatic carbocycles. The van der Waals surface area contributed by atoms with Crippen molar-refractivity contribution in [2.24, 2.45) is 0 Å². The van der Waals surface area contributed by atoms with Crippen molar-refractivity contribution in [3.8, 4) is 5.75 Å². The average molecular weight is 334 g/mol. The second kappa shape index (κ2) is 7.77. The van der Waals surface area contributed by atoms with Gasteiger partial charge in [0.2, 0.25) is 0 Å². The number of benzene rings is 1. The molecule has 1 aliphatic rings. The zero-order valence-corrected chi connectivity index (χ0v) is 15.3. The number of hydrogen-bond donors (Lipinski definition) is 1. The Balaban J connectivity index is 2.11. The van der Waals surface area contributed by atoms with Crippen molar-refractivity contribution in [1.82, 2.24) is 0 Å². The molecular weight excluding hydrogens is 304 g/mol. The molecule has 134 valence electrons. The number of nitrogens with two attached hydrogens (primary N) is 1. The van der Waals surface area contributed by atoms with E-state index in [2.05, 4.69) is 0 Å². The van der Waals surface area contributed by atoms with E-state index < -0.39 is 11.7 Å². The molecule has 5 nitrogen and oxygen atoms in total. The van der Waals surface area contributed by atoms with Crippen molar-refractivity contribution < 1.29 is 14.3 Å². The van der Waals surface area contributed by atoms with Crippen molar-refractivity contribution in [2.45, 2.75) is 71.0 Å². The van der Waals surface area contributed by atoms with Gasteiger partial charge in [0.15, 0.2) is 0 Å². The Morgan fingerprint density at radius 2 is 1.79 bits per heavy atom. The topological polar surface area (TPSA) is 64.8 Å². The molecule has 0 aliphatic heterocycles. The molecule has 0 spiro atoms. The van der Waals surface area contributed by atoms with Crippen LogP contribution < -0.4 is 15.4 Å². The van der Waals surface area contributed by atoms with E-state index in [4.69, 9.17) is 15.2 Å². The van der Waals surface area contributed by atoms with Crippen LogP contribution in [0, 0.1) is 0 Å². The minimum atomic E-state index is -0.547. The van der Waals surface area contributed by atoms with Gasteiger partial charge in [0.1, 0.15) is 11.4 Å². The van der Waals surface area contributed by atoms with Crippen LogP contribution in [-0.2, 0) is 4.74 Å². The third-order valence-corrected chi connectivity index (χ3v) is 4.14. The number of ether oxygens (including phenoxy) is 2. The highest BCUT2D eigenvalue weighted by Gasteiger charge is 2.22. The van der Waals surface area contributed by atoms with Crippen molar-refractivity contribution in [3.63, 3.8) is 0 Å². The highest BCUT2D eigenvalue weighted by atomic mass is 16.6. The molecular formula is C19H30N2O3. The maximum atomic E-state index is 12.3. The standard InChI is InChI=1S/C19H30N2O3/c1-19(2,3)24-18(22)21(4)17-13-15(11-12-16(17)20)23-14-9-7-5-6-8-10-14/h11-14H,5-10,20H2,1-4H3. The van der Waals surface area contributed by atoms with Gasteiger partial charge in [-0.3, -0.25) is 4.90 Å². The van der Waals surface area contributed by atoms with Crippen LogP contribution in [0.15, 0.2) is 18.2 Å². The lowest BCUT2D eigenvalue weighted by Crippen LogP contribution is -2.34. The summed E-state index contributed by atoms with van der Waals surface area (Å²) < 4.78 is 11.5. The highest BCUT2D eigenvalue weighted by Crippen LogP contribution is 2.30. The summed E-state index contributed by atoms with van der Waals surface area (Å²) in [6, 6.07) is 5.47. The largest absolute Gasteiger partial charge is 0.490 e. The summed E-state index contributed by atoms with van der Waals surface area (Å²) in [5.74, 6) is 0.751. The van der Waals surface area contributed by atoms with Crippen molar-refractivity contribution in [2.75, 3.05) is 17.7 Å². The molecule has 1 aromatic rings. The van der Waals surface area contributed by atoms with Crippen molar-refractivity contribution in [3.05, 3.63) is 18.2 Å². The number of rotatable bonds is 3. The highest BCUT2D eigenvalue weighted by molar-refractivity contribution is 5.91. The predicted molar refractivity (Wildman–Crippen MR) is 97.6 cm³/mol. The second-order valence-corrected chi connectivity index (χ2v) is 7.49. The first-order valence-corrected chi connectivity index (χ1v) is 8.79. The van der Waals surface area contributed by atoms with Gasteiger partial charge in [0.25, 0.3) is 0 Å². The molecule has 0 saturated heterocycles. The number of hydrogen-bond acceptors (Lipinski definition) is 4. The summed E-state index contributed by atoms with van der Waals surface area (Å²) in [7, 11) is 1.66. The Labute approximate surface area is 145 Å². The smallest absolute Gasteiger partial charge is 0.414 e. The number of nitrogens with zero attached hydrogens (tertiary/aromatic N) is 1. The quantitative estimate of drug-likeness (QED) is 0.640. The van der Waals surface area contributed by atoms with Crippen LogP contribution in [-0.4, -0.2) is 24.8 Å². The van der Waals surface area contributed by atoms with Crippen LogP contribution in [0.2, 0.25) is 0 Å². The van der Waals surface area contributed by atoms with Gasteiger partial charge in [-0.15, -0.1) is 0 Å². The first kappa shape index (κ1) is 18.4. The Kier molecular flexibility index (Phi) is 5.97. The van der Waals surface area contributed by atoms with E-state index in [0.29, 0.717) is 11.4 Å². The summed E-state index contributed by atoms with van der Waals surface area (Å²) >= 11 is 0. The van der Waals surface area contributed by atoms with Crippen LogP contribution in [0.25, 0.3) is 0 Å². The molecule has 0 radical (unpaired) electrons. The zero-order valence-electron chi connectivity index (χ0n) is 15.3. The molecule has 1 amide bonds. The van der Waals surface area contributed by atoms with E-state index in [1.165, 1.54) is 30.6 Å². The van der Waals surface area contributed by atoms with Crippen LogP contribution in [0.1, 0.15) is 59.3 Å². The summed E-state index contributed by atoms with van der Waals surface area (Å²) in [6.45, 7) is 5.52. The number of carbonyl (C=O) groups is 1. The lowest BCUT2D eigenvalue weighted by molar-refractivity contribution is 0.0589. The van der Waals surface area contributed by atoms with Crippen LogP contribution in [0.5, 0.6) is 5.75 Å². The molecule has 5 heteroatoms. The Morgan fingerprint density at radius 3 is 2.38 bits per heavy atom. The molecule has 1 aliphatic carbocycles. The van der Waals surface area contributed by atoms with Gasteiger partial charge in [-0.2, -0.15) is 0 Å². The molecule has 1 saturated carbocycles. The molecule has 0 unspecified atom stereocenters. The number of nitrogen functional groups attached to an aromatic ring is 1. The molecule has 0 bridgehead atoms. The Morgan fingerprint density at radius 1 is 1.17 bits per heavy atom. The van der Waals surface area contributed by atoms with Crippen LogP contribution in [0.4, 0.5) is 16.2 Å². The minimum absolute atomic E-state index is 0.246. The van der Waals surface area contributed by atoms with Gasteiger partial charge in [0.05, 0.1) is 17.5 Å². The monoisotopic (exact) mass is 334 g/mol. The van der Waals surface area contributed by atoms with Gasteiger partial charge in [-0.25, -0.2) is 4.79 Å². The molecule has 2 rings (SSSR count). The third kappa shape index (κ3) is 5.32. The van der Waals surface area contributed by atoms with E-state index in [9.17, 15) is 4.79 Å². The maximum Gasteiger partial charge on any atom is 0.414 e. The molecule has 24 heavy (non-hydrogen) atoms. The first-order valence-electron chi connectivity index (χ1n) is 8.79. The Hall–Kier alpha value is -1.91. The summed E-state index contributed by atoms with van der Waals surface area (Å²) in [6.07, 6.45) is 6.98. The van der Waals surface area contributed by atoms with Crippen molar-refractivity contribution in [1.29, 1.82) is 0 Å². The molecule has 0 aromatic heterocycles. The fraction of sp³-hybridized carbons (Fsp3) is 0.632. The van der Waals surface area contributed by atoms with Gasteiger partial charge >= 0.3 is 6.09 Å². The fourth-order valence-electron chi connectivity index (χ4n) is 2.87. The van der Waals surface area contributed by atoms with Crippen LogP contribution >= 0.6 is 0 Å². The van der Waals surface area contributed by atoms with E-state index in [-0.39, 0.29) is 6.10 Å². The zero-order chi connectivity index (χ0) is 17.7. The second-order valence-electron chi connectivity index (χ2n) is 7.49. The fourth-order valence-corrected chi connectivity index (χ4v) is 2.87. The van der Waals surface area contributed by atoms with Gasteiger partial charge < -0.3 is 15.2 Å². The summed E-state index contributed by atoms with van der Waals surface area (Å²) in [4.78, 5) is 13.7. The van der Waals surface area contributed by atoms with Gasteiger partial charge in [-0.1, -0.05) is 12.8 Å². The minimum Gasteiger partial charge on any atom is -0.490 e. The maximum absolute atomic E-state index is 12.3. The van der Waals surface area contributed by atoms with E-state index in [1.807, 2.05) is 32.9 Å². The molecule has 2 N–H and O–H groups in total. The molecule has 1 fully saturated rings. The number of amides is 1. The van der Waals surface area contributed by atoms with Gasteiger partial charge in [0, 0.05) is 13.1 Å². The summed E-state index contributed by atoms with van der Waals surface area (Å²) in [5, 5.41) is 0. The molecule has 0 atom stereocenters. The first-order chi connectivity index (χ1) is 11.3. The third-order valence-electron chi connectivity index (χ3n) is 4.14. The number of carbonyl (C=O) groups excluding carboxylic acids is 1. The predicted octanol–water partition coefficient (Wildman–Crippen LogP) is 4.74. The SMILES string of the molecule is CN(C(=O)OC(C)(C)C)c1cc(OC2CCCCCC2)ccc1N. The normalized spacial score (nSPS) is 16.3. The lowest BCUT2D eigenvalue weighted by atomic mass is 10.1. The van der Waals surface area contributed by atoms with E-state index in [1.54, 1.807) is 13.1 Å². The van der Waals surface area contributed by atoms with Crippen LogP contribution in [0.3, 0.4) is 0 Å². The van der Waals surface area contributed by atoms with Crippen molar-refractivity contribution >= 4 is 17.5 Å². The summed E-state index contributed by atoms with van der Waals surface area (Å²) in [5.41, 5.74) is 6.63. The Bertz CT molecular complexity index is 558. The van der Waals surface area contributed by atoms with E-state index >= 15 is 0 Å². The van der Waals surface area contributed by atoms with E-state index in [0.717, 1.165) is 18.6 Å². The molecule has 0 heterocycles. The average Bonchev–Trinajstić information content (AvgIpc) is 2.75. The van der Waals surface area contributed by atoms with Gasteiger partial charge in [-0.05, 0) is 58.6 Å².